The van der Waals surface area contributed by atoms with Crippen LogP contribution >= 0.6 is 0 Å². The Morgan fingerprint density at radius 3 is 2.45 bits per heavy atom. The Bertz CT molecular complexity index is 247. The van der Waals surface area contributed by atoms with E-state index in [-0.39, 0.29) is 25.1 Å². The minimum atomic E-state index is -0.223. The summed E-state index contributed by atoms with van der Waals surface area (Å²) in [7, 11) is 0. The number of unbranched alkanes of at least 4 members (excludes halogenated alkanes) is 7. The number of ether oxygens (including phenoxy) is 3. The third kappa shape index (κ3) is 9.78. The van der Waals surface area contributed by atoms with Crippen molar-refractivity contribution in [1.29, 1.82) is 0 Å². The van der Waals surface area contributed by atoms with Crippen molar-refractivity contribution < 1.29 is 19.3 Å². The number of aliphatic hydroxyl groups excluding tert-OH is 1. The largest absolute Gasteiger partial charge is 0.394 e. The lowest BCUT2D eigenvalue weighted by atomic mass is 10.1. The lowest BCUT2D eigenvalue weighted by molar-refractivity contribution is -0.230. The zero-order valence-electron chi connectivity index (χ0n) is 14.6. The van der Waals surface area contributed by atoms with E-state index in [4.69, 9.17) is 19.3 Å². The number of rotatable bonds is 13. The summed E-state index contributed by atoms with van der Waals surface area (Å²) in [6.07, 6.45) is 11.9. The van der Waals surface area contributed by atoms with Gasteiger partial charge in [-0.15, -0.1) is 0 Å². The molecule has 0 saturated carbocycles. The first kappa shape index (κ1) is 19.9. The highest BCUT2D eigenvalue weighted by Crippen LogP contribution is 2.17. The third-order valence-corrected chi connectivity index (χ3v) is 4.22. The fourth-order valence-electron chi connectivity index (χ4n) is 2.77. The monoisotopic (exact) mass is 316 g/mol. The summed E-state index contributed by atoms with van der Waals surface area (Å²) in [5.41, 5.74) is 0. The molecule has 0 aliphatic carbocycles. The van der Waals surface area contributed by atoms with E-state index in [0.29, 0.717) is 6.61 Å². The molecule has 0 spiro atoms. The van der Waals surface area contributed by atoms with Crippen molar-refractivity contribution in [2.24, 2.45) is 0 Å². The van der Waals surface area contributed by atoms with Gasteiger partial charge in [0.2, 0.25) is 0 Å². The van der Waals surface area contributed by atoms with Gasteiger partial charge in [-0.25, -0.2) is 0 Å². The molecule has 0 bridgehead atoms. The van der Waals surface area contributed by atoms with Gasteiger partial charge in [-0.1, -0.05) is 51.9 Å². The van der Waals surface area contributed by atoms with Crippen molar-refractivity contribution in [3.63, 3.8) is 0 Å². The van der Waals surface area contributed by atoms with Crippen molar-refractivity contribution in [3.8, 4) is 0 Å². The molecule has 1 aliphatic rings. The lowest BCUT2D eigenvalue weighted by Gasteiger charge is -2.30. The summed E-state index contributed by atoms with van der Waals surface area (Å²) in [6, 6.07) is 0. The highest BCUT2D eigenvalue weighted by atomic mass is 16.7. The minimum absolute atomic E-state index is 0.0707. The molecule has 1 unspecified atom stereocenters. The molecule has 4 nitrogen and oxygen atoms in total. The third-order valence-electron chi connectivity index (χ3n) is 4.22. The molecule has 0 aromatic rings. The average molecular weight is 316 g/mol. The fourth-order valence-corrected chi connectivity index (χ4v) is 2.77. The second kappa shape index (κ2) is 13.3. The van der Waals surface area contributed by atoms with Crippen LogP contribution in [0.4, 0.5) is 0 Å². The molecule has 1 heterocycles. The smallest absolute Gasteiger partial charge is 0.160 e. The maximum atomic E-state index is 9.12. The van der Waals surface area contributed by atoms with Crippen LogP contribution in [0, 0.1) is 0 Å². The van der Waals surface area contributed by atoms with E-state index in [1.807, 2.05) is 0 Å². The maximum absolute atomic E-state index is 9.12. The first-order chi connectivity index (χ1) is 10.8. The van der Waals surface area contributed by atoms with Crippen LogP contribution in [0.25, 0.3) is 0 Å². The van der Waals surface area contributed by atoms with E-state index in [1.54, 1.807) is 0 Å². The predicted molar refractivity (Wildman–Crippen MR) is 89.0 cm³/mol. The van der Waals surface area contributed by atoms with E-state index in [1.165, 1.54) is 44.9 Å². The molecule has 0 aromatic carbocycles. The van der Waals surface area contributed by atoms with Crippen molar-refractivity contribution in [3.05, 3.63) is 0 Å². The van der Waals surface area contributed by atoms with Crippen molar-refractivity contribution in [2.45, 2.75) is 96.6 Å². The number of hydrogen-bond donors (Lipinski definition) is 1. The van der Waals surface area contributed by atoms with Gasteiger partial charge in [0.05, 0.1) is 25.4 Å². The average Bonchev–Trinajstić information content (AvgIpc) is 2.53. The van der Waals surface area contributed by atoms with Gasteiger partial charge in [0.1, 0.15) is 0 Å². The zero-order chi connectivity index (χ0) is 16.0. The minimum Gasteiger partial charge on any atom is -0.394 e. The Morgan fingerprint density at radius 2 is 1.77 bits per heavy atom. The van der Waals surface area contributed by atoms with E-state index in [0.717, 1.165) is 25.9 Å². The summed E-state index contributed by atoms with van der Waals surface area (Å²) in [4.78, 5) is 0. The molecule has 1 saturated heterocycles. The molecular weight excluding hydrogens is 280 g/mol. The Labute approximate surface area is 136 Å². The molecular formula is C18H36O4. The molecule has 0 amide bonds. The zero-order valence-corrected chi connectivity index (χ0v) is 14.6. The molecule has 1 rings (SSSR count). The molecule has 0 aromatic heterocycles. The topological polar surface area (TPSA) is 47.9 Å². The van der Waals surface area contributed by atoms with Crippen molar-refractivity contribution >= 4 is 0 Å². The molecule has 4 heteroatoms. The van der Waals surface area contributed by atoms with E-state index < -0.39 is 0 Å². The summed E-state index contributed by atoms with van der Waals surface area (Å²) < 4.78 is 17.0. The Kier molecular flexibility index (Phi) is 12.0. The summed E-state index contributed by atoms with van der Waals surface area (Å²) in [5.74, 6) is 0. The summed E-state index contributed by atoms with van der Waals surface area (Å²) in [5, 5.41) is 9.12. The van der Waals surface area contributed by atoms with Crippen LogP contribution < -0.4 is 0 Å². The predicted octanol–water partition coefficient (Wildman–Crippen LogP) is 4.05. The SMILES string of the molecule is CCCCCCCCCCOC(C)C[C@H]1OCC[C@@H](CO)O1. The van der Waals surface area contributed by atoms with Gasteiger partial charge in [0.15, 0.2) is 6.29 Å². The second-order valence-electron chi connectivity index (χ2n) is 6.42. The Morgan fingerprint density at radius 1 is 1.09 bits per heavy atom. The molecule has 3 atom stereocenters. The normalized spacial score (nSPS) is 23.6. The second-order valence-corrected chi connectivity index (χ2v) is 6.42. The molecule has 0 radical (unpaired) electrons. The van der Waals surface area contributed by atoms with E-state index in [9.17, 15) is 0 Å². The first-order valence-electron chi connectivity index (χ1n) is 9.25. The highest BCUT2D eigenvalue weighted by Gasteiger charge is 2.24. The van der Waals surface area contributed by atoms with Gasteiger partial charge in [-0.2, -0.15) is 0 Å². The van der Waals surface area contributed by atoms with Crippen LogP contribution in [0.15, 0.2) is 0 Å². The molecule has 22 heavy (non-hydrogen) atoms. The van der Waals surface area contributed by atoms with E-state index in [2.05, 4.69) is 13.8 Å². The maximum Gasteiger partial charge on any atom is 0.160 e. The van der Waals surface area contributed by atoms with Gasteiger partial charge in [-0.3, -0.25) is 0 Å². The quantitative estimate of drug-likeness (QED) is 0.521. The number of hydrogen-bond acceptors (Lipinski definition) is 4. The van der Waals surface area contributed by atoms with Gasteiger partial charge in [0.25, 0.3) is 0 Å². The van der Waals surface area contributed by atoms with Crippen LogP contribution in [0.3, 0.4) is 0 Å². The van der Waals surface area contributed by atoms with Crippen molar-refractivity contribution in [2.75, 3.05) is 19.8 Å². The van der Waals surface area contributed by atoms with Gasteiger partial charge in [0, 0.05) is 13.0 Å². The highest BCUT2D eigenvalue weighted by molar-refractivity contribution is 4.65. The first-order valence-corrected chi connectivity index (χ1v) is 9.25. The van der Waals surface area contributed by atoms with E-state index >= 15 is 0 Å². The van der Waals surface area contributed by atoms with Crippen LogP contribution in [0.2, 0.25) is 0 Å². The summed E-state index contributed by atoms with van der Waals surface area (Å²) in [6.45, 7) is 5.90. The lowest BCUT2D eigenvalue weighted by Crippen LogP contribution is -2.36. The van der Waals surface area contributed by atoms with Gasteiger partial charge >= 0.3 is 0 Å². The standard InChI is InChI=1S/C18H36O4/c1-3-4-5-6-7-8-9-10-12-20-16(2)14-18-21-13-11-17(15-19)22-18/h16-19H,3-15H2,1-2H3/t16?,17-,18-/m0/s1. The molecule has 132 valence electrons. The van der Waals surface area contributed by atoms with Crippen LogP contribution in [0.5, 0.6) is 0 Å². The summed E-state index contributed by atoms with van der Waals surface area (Å²) >= 11 is 0. The van der Waals surface area contributed by atoms with Crippen LogP contribution in [-0.4, -0.2) is 43.4 Å². The number of aliphatic hydroxyl groups is 1. The Hall–Kier alpha value is -0.160. The van der Waals surface area contributed by atoms with Crippen LogP contribution in [0.1, 0.15) is 78.1 Å². The Balaban J connectivity index is 1.91. The molecule has 1 fully saturated rings. The fraction of sp³-hybridized carbons (Fsp3) is 1.00. The van der Waals surface area contributed by atoms with Crippen molar-refractivity contribution in [1.82, 2.24) is 0 Å². The van der Waals surface area contributed by atoms with Gasteiger partial charge in [-0.05, 0) is 19.8 Å². The molecule has 1 N–H and O–H groups in total. The van der Waals surface area contributed by atoms with Crippen LogP contribution in [-0.2, 0) is 14.2 Å². The van der Waals surface area contributed by atoms with Gasteiger partial charge < -0.3 is 19.3 Å². The molecule has 1 aliphatic heterocycles.